The van der Waals surface area contributed by atoms with Gasteiger partial charge in [0.15, 0.2) is 0 Å². The van der Waals surface area contributed by atoms with Gasteiger partial charge in [-0.25, -0.2) is 4.39 Å². The van der Waals surface area contributed by atoms with E-state index in [2.05, 4.69) is 9.97 Å². The number of aromatic amines is 2. The molecular weight excluding hydrogens is 854 g/mol. The second-order valence-electron chi connectivity index (χ2n) is 14.7. The maximum Gasteiger partial charge on any atom is 1.00 e. The van der Waals surface area contributed by atoms with Crippen molar-refractivity contribution >= 4 is 66.3 Å². The van der Waals surface area contributed by atoms with E-state index in [9.17, 15) is 34.4 Å². The van der Waals surface area contributed by atoms with Gasteiger partial charge in [0.1, 0.15) is 41.4 Å². The molecule has 8 aromatic rings. The largest absolute Gasteiger partial charge is 1.00 e. The van der Waals surface area contributed by atoms with E-state index in [4.69, 9.17) is 23.2 Å². The quantitative estimate of drug-likeness (QED) is 0.113. The number of phenolic OH excluding ortho intramolecular Hbond substituents is 2. The van der Waals surface area contributed by atoms with Gasteiger partial charge in [-0.05, 0) is 96.9 Å². The molecule has 14 heteroatoms. The van der Waals surface area contributed by atoms with Gasteiger partial charge >= 0.3 is 29.6 Å². The summed E-state index contributed by atoms with van der Waals surface area (Å²) in [6.45, 7) is 0. The first kappa shape index (κ1) is 42.1. The Morgan fingerprint density at radius 2 is 1.08 bits per heavy atom. The number of aryl methyl sites for hydroxylation is 2. The number of halogens is 3. The molecule has 0 bridgehead atoms. The summed E-state index contributed by atoms with van der Waals surface area (Å²) in [4.78, 5) is 31.7. The number of H-pyrrole nitrogens is 2. The second-order valence-corrected chi connectivity index (χ2v) is 18.0. The third-order valence-electron chi connectivity index (χ3n) is 11.3. The number of nitrogens with one attached hydrogen (secondary N) is 2. The van der Waals surface area contributed by atoms with Gasteiger partial charge in [-0.15, -0.1) is 22.7 Å². The van der Waals surface area contributed by atoms with E-state index in [1.165, 1.54) is 18.2 Å². The molecule has 8 nitrogen and oxygen atoms in total. The zero-order chi connectivity index (χ0) is 41.1. The summed E-state index contributed by atoms with van der Waals surface area (Å²) in [5, 5.41) is 47.2. The van der Waals surface area contributed by atoms with Crippen LogP contribution in [0.1, 0.15) is 47.9 Å². The maximum absolute atomic E-state index is 13.7. The van der Waals surface area contributed by atoms with Crippen molar-refractivity contribution in [2.75, 3.05) is 0 Å². The number of hydrogen-bond acceptors (Lipinski definition) is 8. The molecule has 0 fully saturated rings. The molecule has 0 atom stereocenters. The number of aromatic hydroxyl groups is 3. The number of aromatic nitrogens is 2. The van der Waals surface area contributed by atoms with Crippen LogP contribution in [-0.4, -0.2) is 25.3 Å². The molecule has 0 saturated carbocycles. The van der Waals surface area contributed by atoms with Gasteiger partial charge in [-0.2, -0.15) is 0 Å². The zero-order valence-electron chi connectivity index (χ0n) is 32.2. The number of benzene rings is 4. The standard InChI is InChI=1S/C23H17ClFNO3S.C23H18ClNO3S.Na/c24-21-17(15-9-8-11-4-1-2-7-14(11)19(15)27)18-20(28)16(22(29)26-23(18)30-21)12-5-3-6-13(25)10-12;24-21-17(15-11-10-12-6-4-5-9-14(12)19(15)26)18-20(27)16(13-7-2-1-3-8-13)22(28)25-23(18)29-21;/h3,5-6,8-10,27H,1-2,4,7H2,(H2,26,28,29);1-3,7-8,10-11,26H,4-6,9H2,(H2,25,27,28);/q;;+1/p-1. The predicted octanol–water partition coefficient (Wildman–Crippen LogP) is 8.25. The van der Waals surface area contributed by atoms with E-state index in [-0.39, 0.29) is 69.2 Å². The van der Waals surface area contributed by atoms with Crippen LogP contribution in [0.3, 0.4) is 0 Å². The molecule has 60 heavy (non-hydrogen) atoms. The van der Waals surface area contributed by atoms with Crippen LogP contribution in [0.25, 0.3) is 64.9 Å². The summed E-state index contributed by atoms with van der Waals surface area (Å²) in [5.74, 6) is -0.815. The molecule has 0 amide bonds. The Kier molecular flexibility index (Phi) is 12.0. The first-order chi connectivity index (χ1) is 28.5. The first-order valence-electron chi connectivity index (χ1n) is 19.1. The molecule has 10 rings (SSSR count). The van der Waals surface area contributed by atoms with Crippen LogP contribution >= 0.6 is 45.9 Å². The number of thiophene rings is 2. The number of pyridine rings is 2. The Bertz CT molecular complexity index is 3110. The molecule has 2 aliphatic carbocycles. The third kappa shape index (κ3) is 7.34. The molecule has 2 aliphatic rings. The molecule has 5 N–H and O–H groups in total. The molecular formula is C46H34Cl2FN2NaO6S2. The van der Waals surface area contributed by atoms with E-state index >= 15 is 0 Å². The summed E-state index contributed by atoms with van der Waals surface area (Å²) < 4.78 is 14.5. The molecule has 0 unspecified atom stereocenters. The molecule has 4 aromatic carbocycles. The molecule has 4 aromatic heterocycles. The molecule has 0 radical (unpaired) electrons. The van der Waals surface area contributed by atoms with Crippen molar-refractivity contribution in [3.8, 4) is 67.5 Å². The van der Waals surface area contributed by atoms with Crippen LogP contribution in [-0.2, 0) is 25.7 Å². The average Bonchev–Trinajstić information content (AvgIpc) is 3.74. The monoisotopic (exact) mass is 886 g/mol. The van der Waals surface area contributed by atoms with Gasteiger partial charge in [0.2, 0.25) is 0 Å². The molecule has 0 saturated heterocycles. The summed E-state index contributed by atoms with van der Waals surface area (Å²) in [6.07, 6.45) is 7.69. The van der Waals surface area contributed by atoms with Crippen molar-refractivity contribution in [2.24, 2.45) is 0 Å². The van der Waals surface area contributed by atoms with Gasteiger partial charge < -0.3 is 30.4 Å². The Balaban J connectivity index is 0.000000164. The van der Waals surface area contributed by atoms with Crippen LogP contribution in [0.5, 0.6) is 23.0 Å². The normalized spacial score (nSPS) is 13.3. The average molecular weight is 888 g/mol. The van der Waals surface area contributed by atoms with Gasteiger partial charge in [-0.1, -0.05) is 95.7 Å². The van der Waals surface area contributed by atoms with E-state index < -0.39 is 16.9 Å². The Labute approximate surface area is 382 Å². The van der Waals surface area contributed by atoms with Gasteiger partial charge in [-0.3, -0.25) is 9.59 Å². The van der Waals surface area contributed by atoms with E-state index in [0.29, 0.717) is 56.9 Å². The minimum atomic E-state index is -0.537. The number of hydrogen-bond donors (Lipinski definition) is 5. The number of fused-ring (bicyclic) bond motifs is 4. The minimum absolute atomic E-state index is 0. The van der Waals surface area contributed by atoms with Crippen molar-refractivity contribution in [3.63, 3.8) is 0 Å². The summed E-state index contributed by atoms with van der Waals surface area (Å²) in [7, 11) is 0. The van der Waals surface area contributed by atoms with Crippen molar-refractivity contribution in [1.29, 1.82) is 0 Å². The van der Waals surface area contributed by atoms with E-state index in [1.807, 2.05) is 24.3 Å². The fraction of sp³-hybridized carbons (Fsp3) is 0.174. The van der Waals surface area contributed by atoms with Crippen LogP contribution in [0.4, 0.5) is 4.39 Å². The summed E-state index contributed by atoms with van der Waals surface area (Å²) in [5.41, 5.74) is 6.04. The van der Waals surface area contributed by atoms with Gasteiger partial charge in [0.25, 0.3) is 11.1 Å². The fourth-order valence-corrected chi connectivity index (χ4v) is 11.2. The smallest absolute Gasteiger partial charge is 0.871 e. The van der Waals surface area contributed by atoms with Crippen LogP contribution in [0.15, 0.2) is 88.5 Å². The Morgan fingerprint density at radius 1 is 0.583 bits per heavy atom. The van der Waals surface area contributed by atoms with E-state index in [0.717, 1.165) is 96.3 Å². The third-order valence-corrected chi connectivity index (χ3v) is 13.9. The second kappa shape index (κ2) is 17.1. The van der Waals surface area contributed by atoms with E-state index in [1.54, 1.807) is 36.4 Å². The number of phenols is 2. The topological polar surface area (TPSA) is 149 Å². The Hall–Kier alpha value is -4.59. The van der Waals surface area contributed by atoms with Crippen molar-refractivity contribution in [2.45, 2.75) is 51.4 Å². The fourth-order valence-electron chi connectivity index (χ4n) is 8.50. The molecule has 0 aliphatic heterocycles. The predicted molar refractivity (Wildman–Crippen MR) is 234 cm³/mol. The van der Waals surface area contributed by atoms with Crippen LogP contribution in [0, 0.1) is 5.82 Å². The van der Waals surface area contributed by atoms with Crippen LogP contribution in [0.2, 0.25) is 8.67 Å². The maximum atomic E-state index is 13.7. The van der Waals surface area contributed by atoms with Gasteiger partial charge in [0.05, 0.1) is 10.9 Å². The summed E-state index contributed by atoms with van der Waals surface area (Å²) in [6, 6.07) is 22.0. The van der Waals surface area contributed by atoms with Crippen molar-refractivity contribution < 1.29 is 54.4 Å². The minimum Gasteiger partial charge on any atom is -0.871 e. The van der Waals surface area contributed by atoms with Crippen LogP contribution < -0.4 is 45.8 Å². The molecule has 4 heterocycles. The Morgan fingerprint density at radius 3 is 1.65 bits per heavy atom. The molecule has 298 valence electrons. The SMILES string of the molecule is O=c1[nH]c2sc(Cl)c(-c3ccc4c(c3O)CCCC4)c2c(O)c1-c1cccc(F)c1.O=c1[nH]c2sc(Cl)c(-c3ccc4c(c3O)CCCC4)c2c([O-])c1-c1ccccc1.[Na+]. The zero-order valence-corrected chi connectivity index (χ0v) is 37.3. The van der Waals surface area contributed by atoms with Crippen molar-refractivity contribution in [3.05, 3.63) is 136 Å². The number of rotatable bonds is 4. The first-order valence-corrected chi connectivity index (χ1v) is 21.5. The molecule has 0 spiro atoms. The van der Waals surface area contributed by atoms with Crippen molar-refractivity contribution in [1.82, 2.24) is 9.97 Å². The summed E-state index contributed by atoms with van der Waals surface area (Å²) >= 11 is 15.3. The van der Waals surface area contributed by atoms with Gasteiger partial charge in [0, 0.05) is 33.2 Å².